The van der Waals surface area contributed by atoms with Crippen molar-refractivity contribution in [2.24, 2.45) is 0 Å². The molecule has 0 saturated heterocycles. The Morgan fingerprint density at radius 2 is 2.20 bits per heavy atom. The van der Waals surface area contributed by atoms with Crippen LogP contribution in [0, 0.1) is 0 Å². The Hall–Kier alpha value is -1.05. The quantitative estimate of drug-likeness (QED) is 0.347. The molecule has 0 amide bonds. The fourth-order valence-corrected chi connectivity index (χ4v) is 1.25. The molecule has 86 valence electrons. The summed E-state index contributed by atoms with van der Waals surface area (Å²) in [7, 11) is 0. The van der Waals surface area contributed by atoms with Crippen LogP contribution in [0.15, 0.2) is 24.8 Å². The van der Waals surface area contributed by atoms with Gasteiger partial charge in [0.15, 0.2) is 0 Å². The summed E-state index contributed by atoms with van der Waals surface area (Å²) < 4.78 is 5.24. The Labute approximate surface area is 93.0 Å². The van der Waals surface area contributed by atoms with Crippen molar-refractivity contribution in [1.29, 1.82) is 0 Å². The Kier molecular flexibility index (Phi) is 8.84. The monoisotopic (exact) mass is 210 g/mol. The van der Waals surface area contributed by atoms with Crippen molar-refractivity contribution in [2.45, 2.75) is 52.1 Å². The van der Waals surface area contributed by atoms with E-state index >= 15 is 0 Å². The molecule has 0 aromatic heterocycles. The zero-order valence-electron chi connectivity index (χ0n) is 9.87. The first kappa shape index (κ1) is 13.9. The van der Waals surface area contributed by atoms with Crippen LogP contribution in [0.2, 0.25) is 0 Å². The second-order valence-corrected chi connectivity index (χ2v) is 3.53. The van der Waals surface area contributed by atoms with Gasteiger partial charge in [0.2, 0.25) is 0 Å². The number of esters is 1. The molecule has 2 heteroatoms. The third-order valence-electron chi connectivity index (χ3n) is 2.16. The number of allylic oxidation sites excluding steroid dienone is 1. The van der Waals surface area contributed by atoms with Gasteiger partial charge in [-0.15, -0.1) is 0 Å². The van der Waals surface area contributed by atoms with Crippen LogP contribution < -0.4 is 0 Å². The second kappa shape index (κ2) is 9.50. The predicted molar refractivity (Wildman–Crippen MR) is 63.7 cm³/mol. The maximum atomic E-state index is 11.3. The van der Waals surface area contributed by atoms with Crippen LogP contribution in [0.25, 0.3) is 0 Å². The van der Waals surface area contributed by atoms with Crippen LogP contribution in [0.1, 0.15) is 46.0 Å². The predicted octanol–water partition coefficient (Wildman–Crippen LogP) is 3.63. The standard InChI is InChI=1S/C13H22O2/c1-4-7-9-10-12(6-3)15-13(14)11-8-5-2/h5-6,8,12H,3-4,7,9-11H2,1-2H3/b8-5+/t12-/m0/s1. The summed E-state index contributed by atoms with van der Waals surface area (Å²) in [5.41, 5.74) is 0. The number of ether oxygens (including phenoxy) is 1. The highest BCUT2D eigenvalue weighted by Crippen LogP contribution is 2.08. The Bertz CT molecular complexity index is 207. The molecule has 0 aliphatic rings. The van der Waals surface area contributed by atoms with Crippen molar-refractivity contribution in [1.82, 2.24) is 0 Å². The lowest BCUT2D eigenvalue weighted by atomic mass is 10.1. The van der Waals surface area contributed by atoms with Crippen LogP contribution in [0.4, 0.5) is 0 Å². The smallest absolute Gasteiger partial charge is 0.310 e. The molecule has 0 rings (SSSR count). The van der Waals surface area contributed by atoms with E-state index in [2.05, 4.69) is 13.5 Å². The van der Waals surface area contributed by atoms with Gasteiger partial charge < -0.3 is 4.74 Å². The highest BCUT2D eigenvalue weighted by atomic mass is 16.5. The lowest BCUT2D eigenvalue weighted by Gasteiger charge is -2.12. The van der Waals surface area contributed by atoms with Crippen molar-refractivity contribution in [3.63, 3.8) is 0 Å². The summed E-state index contributed by atoms with van der Waals surface area (Å²) in [6, 6.07) is 0. The summed E-state index contributed by atoms with van der Waals surface area (Å²) in [6.45, 7) is 7.72. The molecule has 0 fully saturated rings. The van der Waals surface area contributed by atoms with E-state index in [0.717, 1.165) is 12.8 Å². The van der Waals surface area contributed by atoms with E-state index in [4.69, 9.17) is 4.74 Å². The first-order valence-corrected chi connectivity index (χ1v) is 5.67. The molecular weight excluding hydrogens is 188 g/mol. The van der Waals surface area contributed by atoms with Crippen molar-refractivity contribution >= 4 is 5.97 Å². The molecule has 2 nitrogen and oxygen atoms in total. The molecule has 0 radical (unpaired) electrons. The Morgan fingerprint density at radius 1 is 1.47 bits per heavy atom. The van der Waals surface area contributed by atoms with Gasteiger partial charge in [0.1, 0.15) is 6.10 Å². The lowest BCUT2D eigenvalue weighted by molar-refractivity contribution is -0.146. The molecular formula is C13H22O2. The van der Waals surface area contributed by atoms with Crippen LogP contribution in [-0.4, -0.2) is 12.1 Å². The van der Waals surface area contributed by atoms with Crippen molar-refractivity contribution < 1.29 is 9.53 Å². The van der Waals surface area contributed by atoms with Gasteiger partial charge in [-0.05, 0) is 19.8 Å². The van der Waals surface area contributed by atoms with E-state index < -0.39 is 0 Å². The third-order valence-corrected chi connectivity index (χ3v) is 2.16. The first-order chi connectivity index (χ1) is 7.24. The van der Waals surface area contributed by atoms with Crippen molar-refractivity contribution in [3.8, 4) is 0 Å². The van der Waals surface area contributed by atoms with Gasteiger partial charge >= 0.3 is 5.97 Å². The summed E-state index contributed by atoms with van der Waals surface area (Å²) in [4.78, 5) is 11.3. The minimum Gasteiger partial charge on any atom is -0.458 e. The average Bonchev–Trinajstić information content (AvgIpc) is 2.25. The molecule has 0 heterocycles. The summed E-state index contributed by atoms with van der Waals surface area (Å²) >= 11 is 0. The Balaban J connectivity index is 3.77. The highest BCUT2D eigenvalue weighted by Gasteiger charge is 2.08. The molecule has 0 aliphatic heterocycles. The van der Waals surface area contributed by atoms with Gasteiger partial charge in [0.25, 0.3) is 0 Å². The van der Waals surface area contributed by atoms with Crippen LogP contribution >= 0.6 is 0 Å². The van der Waals surface area contributed by atoms with Crippen molar-refractivity contribution in [2.75, 3.05) is 0 Å². The lowest BCUT2D eigenvalue weighted by Crippen LogP contribution is -2.15. The van der Waals surface area contributed by atoms with E-state index in [1.165, 1.54) is 12.8 Å². The molecule has 0 saturated carbocycles. The van der Waals surface area contributed by atoms with E-state index in [0.29, 0.717) is 6.42 Å². The van der Waals surface area contributed by atoms with Gasteiger partial charge in [-0.3, -0.25) is 4.79 Å². The fourth-order valence-electron chi connectivity index (χ4n) is 1.25. The zero-order valence-corrected chi connectivity index (χ0v) is 9.87. The SMILES string of the molecule is C=C[C@@H](CCCCC)OC(=O)C/C=C/C. The number of hydrogen-bond acceptors (Lipinski definition) is 2. The third kappa shape index (κ3) is 7.98. The molecule has 0 N–H and O–H groups in total. The maximum Gasteiger partial charge on any atom is 0.310 e. The van der Waals surface area contributed by atoms with Gasteiger partial charge in [-0.25, -0.2) is 0 Å². The van der Waals surface area contributed by atoms with Crippen LogP contribution in [0.5, 0.6) is 0 Å². The van der Waals surface area contributed by atoms with E-state index in [9.17, 15) is 4.79 Å². The molecule has 0 unspecified atom stereocenters. The number of rotatable bonds is 8. The number of carbonyl (C=O) groups excluding carboxylic acids is 1. The first-order valence-electron chi connectivity index (χ1n) is 5.67. The second-order valence-electron chi connectivity index (χ2n) is 3.53. The Morgan fingerprint density at radius 3 is 2.73 bits per heavy atom. The zero-order chi connectivity index (χ0) is 11.5. The average molecular weight is 210 g/mol. The molecule has 0 spiro atoms. The van der Waals surface area contributed by atoms with Crippen LogP contribution in [-0.2, 0) is 9.53 Å². The number of hydrogen-bond donors (Lipinski definition) is 0. The minimum atomic E-state index is -0.172. The molecule has 0 aliphatic carbocycles. The normalized spacial score (nSPS) is 12.7. The molecule has 1 atom stereocenters. The van der Waals surface area contributed by atoms with Crippen molar-refractivity contribution in [3.05, 3.63) is 24.8 Å². The van der Waals surface area contributed by atoms with Crippen LogP contribution in [0.3, 0.4) is 0 Å². The number of carbonyl (C=O) groups is 1. The van der Waals surface area contributed by atoms with Gasteiger partial charge in [0, 0.05) is 0 Å². The van der Waals surface area contributed by atoms with Gasteiger partial charge in [-0.2, -0.15) is 0 Å². The molecule has 0 aromatic carbocycles. The summed E-state index contributed by atoms with van der Waals surface area (Å²) in [5, 5.41) is 0. The van der Waals surface area contributed by atoms with Gasteiger partial charge in [0.05, 0.1) is 6.42 Å². The van der Waals surface area contributed by atoms with E-state index in [1.807, 2.05) is 13.0 Å². The molecule has 0 aromatic rings. The highest BCUT2D eigenvalue weighted by molar-refractivity contribution is 5.71. The maximum absolute atomic E-state index is 11.3. The fraction of sp³-hybridized carbons (Fsp3) is 0.615. The number of unbranched alkanes of at least 4 members (excludes halogenated alkanes) is 2. The summed E-state index contributed by atoms with van der Waals surface area (Å²) in [5.74, 6) is -0.172. The van der Waals surface area contributed by atoms with E-state index in [-0.39, 0.29) is 12.1 Å². The molecule has 15 heavy (non-hydrogen) atoms. The largest absolute Gasteiger partial charge is 0.458 e. The topological polar surface area (TPSA) is 26.3 Å². The van der Waals surface area contributed by atoms with Gasteiger partial charge in [-0.1, -0.05) is 44.6 Å². The molecule has 0 bridgehead atoms. The van der Waals surface area contributed by atoms with E-state index in [1.54, 1.807) is 12.2 Å². The summed E-state index contributed by atoms with van der Waals surface area (Å²) in [6.07, 6.45) is 9.93. The minimum absolute atomic E-state index is 0.116.